The van der Waals surface area contributed by atoms with Crippen LogP contribution in [0.15, 0.2) is 12.1 Å². The van der Waals surface area contributed by atoms with Crippen LogP contribution in [-0.4, -0.2) is 12.0 Å². The first kappa shape index (κ1) is 14.1. The maximum absolute atomic E-state index is 14.1. The van der Waals surface area contributed by atoms with Gasteiger partial charge in [-0.1, -0.05) is 12.1 Å². The number of rotatable bonds is 3. The van der Waals surface area contributed by atoms with E-state index in [2.05, 4.69) is 10.3 Å². The Kier molecular flexibility index (Phi) is 3.96. The Morgan fingerprint density at radius 3 is 2.37 bits per heavy atom. The molecule has 19 heavy (non-hydrogen) atoms. The van der Waals surface area contributed by atoms with Gasteiger partial charge in [0.15, 0.2) is 11.6 Å². The fourth-order valence-electron chi connectivity index (χ4n) is 2.13. The van der Waals surface area contributed by atoms with Crippen molar-refractivity contribution in [2.24, 2.45) is 0 Å². The Labute approximate surface area is 115 Å². The molecule has 2 nitrogen and oxygen atoms in total. The van der Waals surface area contributed by atoms with Crippen LogP contribution in [0.4, 0.5) is 8.78 Å². The van der Waals surface area contributed by atoms with Gasteiger partial charge in [0.25, 0.3) is 0 Å². The third kappa shape index (κ3) is 2.53. The van der Waals surface area contributed by atoms with Gasteiger partial charge in [0.2, 0.25) is 0 Å². The molecule has 102 valence electrons. The summed E-state index contributed by atoms with van der Waals surface area (Å²) in [6, 6.07) is 2.85. The average molecular weight is 282 g/mol. The highest BCUT2D eigenvalue weighted by molar-refractivity contribution is 7.11. The van der Waals surface area contributed by atoms with Crippen molar-refractivity contribution in [3.63, 3.8) is 0 Å². The van der Waals surface area contributed by atoms with Gasteiger partial charge >= 0.3 is 0 Å². The number of thiazole rings is 1. The topological polar surface area (TPSA) is 24.9 Å². The molecule has 0 saturated carbocycles. The summed E-state index contributed by atoms with van der Waals surface area (Å²) in [6.45, 7) is 5.34. The van der Waals surface area contributed by atoms with E-state index < -0.39 is 11.6 Å². The van der Waals surface area contributed by atoms with Gasteiger partial charge in [-0.3, -0.25) is 0 Å². The van der Waals surface area contributed by atoms with E-state index >= 15 is 0 Å². The second kappa shape index (κ2) is 5.35. The molecule has 2 aromatic rings. The summed E-state index contributed by atoms with van der Waals surface area (Å²) in [4.78, 5) is 5.26. The average Bonchev–Trinajstić information content (AvgIpc) is 2.69. The minimum atomic E-state index is -0.787. The molecular weight excluding hydrogens is 266 g/mol. The zero-order valence-corrected chi connectivity index (χ0v) is 12.2. The van der Waals surface area contributed by atoms with Crippen LogP contribution in [0.2, 0.25) is 0 Å². The van der Waals surface area contributed by atoms with Crippen molar-refractivity contribution < 1.29 is 8.78 Å². The molecule has 1 heterocycles. The van der Waals surface area contributed by atoms with Crippen molar-refractivity contribution in [2.75, 3.05) is 7.05 Å². The monoisotopic (exact) mass is 282 g/mol. The summed E-state index contributed by atoms with van der Waals surface area (Å²) in [6.07, 6.45) is 0. The van der Waals surface area contributed by atoms with Crippen molar-refractivity contribution >= 4 is 11.3 Å². The number of hydrogen-bond acceptors (Lipinski definition) is 3. The molecule has 5 heteroatoms. The van der Waals surface area contributed by atoms with E-state index in [0.29, 0.717) is 11.1 Å². The van der Waals surface area contributed by atoms with Gasteiger partial charge < -0.3 is 5.32 Å². The first-order valence-corrected chi connectivity index (χ1v) is 6.83. The first-order chi connectivity index (χ1) is 8.95. The summed E-state index contributed by atoms with van der Waals surface area (Å²) in [5.74, 6) is -1.57. The molecule has 0 aliphatic carbocycles. The minimum absolute atomic E-state index is 0.313. The zero-order chi connectivity index (χ0) is 14.2. The number of hydrogen-bond donors (Lipinski definition) is 1. The molecule has 0 amide bonds. The largest absolute Gasteiger partial charge is 0.309 e. The molecule has 0 fully saturated rings. The molecule has 0 spiro atoms. The van der Waals surface area contributed by atoms with Gasteiger partial charge in [-0.25, -0.2) is 13.8 Å². The first-order valence-electron chi connectivity index (χ1n) is 6.01. The van der Waals surface area contributed by atoms with Crippen LogP contribution in [0.5, 0.6) is 0 Å². The third-order valence-electron chi connectivity index (χ3n) is 3.11. The Bertz CT molecular complexity index is 608. The van der Waals surface area contributed by atoms with Gasteiger partial charge in [-0.05, 0) is 33.4 Å². The standard InChI is InChI=1S/C14H16F2N2S/c1-7-5-6-10(12(16)11(7)15)13(17-4)14-8(2)18-9(3)19-14/h5-6,13,17H,1-4H3. The lowest BCUT2D eigenvalue weighted by molar-refractivity contribution is 0.483. The van der Waals surface area contributed by atoms with E-state index in [1.54, 1.807) is 26.1 Å². The number of benzene rings is 1. The summed E-state index contributed by atoms with van der Waals surface area (Å²) >= 11 is 1.50. The lowest BCUT2D eigenvalue weighted by atomic mass is 10.0. The SMILES string of the molecule is CNC(c1ccc(C)c(F)c1F)c1sc(C)nc1C. The van der Waals surface area contributed by atoms with Crippen molar-refractivity contribution in [1.29, 1.82) is 0 Å². The normalized spacial score (nSPS) is 12.7. The Morgan fingerprint density at radius 2 is 1.84 bits per heavy atom. The van der Waals surface area contributed by atoms with Crippen molar-refractivity contribution in [1.82, 2.24) is 10.3 Å². The van der Waals surface area contributed by atoms with Crippen LogP contribution >= 0.6 is 11.3 Å². The quantitative estimate of drug-likeness (QED) is 0.929. The molecule has 1 aromatic heterocycles. The maximum Gasteiger partial charge on any atom is 0.164 e. The maximum atomic E-state index is 14.1. The van der Waals surface area contributed by atoms with E-state index in [9.17, 15) is 8.78 Å². The van der Waals surface area contributed by atoms with Crippen LogP contribution in [0.3, 0.4) is 0 Å². The van der Waals surface area contributed by atoms with Crippen LogP contribution in [0.25, 0.3) is 0 Å². The zero-order valence-electron chi connectivity index (χ0n) is 11.3. The number of halogens is 2. The number of nitrogens with one attached hydrogen (secondary N) is 1. The van der Waals surface area contributed by atoms with E-state index in [4.69, 9.17) is 0 Å². The Morgan fingerprint density at radius 1 is 1.16 bits per heavy atom. The predicted octanol–water partition coefficient (Wildman–Crippen LogP) is 3.66. The number of aromatic nitrogens is 1. The fourth-order valence-corrected chi connectivity index (χ4v) is 3.18. The molecule has 1 atom stereocenters. The predicted molar refractivity (Wildman–Crippen MR) is 73.6 cm³/mol. The van der Waals surface area contributed by atoms with Crippen LogP contribution < -0.4 is 5.32 Å². The Balaban J connectivity index is 2.54. The van der Waals surface area contributed by atoms with Crippen molar-refractivity contribution in [3.8, 4) is 0 Å². The highest BCUT2D eigenvalue weighted by Gasteiger charge is 2.23. The van der Waals surface area contributed by atoms with Crippen LogP contribution in [-0.2, 0) is 0 Å². The van der Waals surface area contributed by atoms with E-state index in [1.165, 1.54) is 11.3 Å². The summed E-state index contributed by atoms with van der Waals surface area (Å²) in [7, 11) is 1.73. The van der Waals surface area contributed by atoms with Gasteiger partial charge in [0, 0.05) is 10.4 Å². The lowest BCUT2D eigenvalue weighted by Gasteiger charge is -2.17. The molecule has 0 saturated heterocycles. The van der Waals surface area contributed by atoms with Gasteiger partial charge in [0.1, 0.15) is 0 Å². The number of aryl methyl sites for hydroxylation is 3. The van der Waals surface area contributed by atoms with Crippen LogP contribution in [0.1, 0.15) is 32.7 Å². The second-order valence-corrected chi connectivity index (χ2v) is 5.74. The highest BCUT2D eigenvalue weighted by Crippen LogP contribution is 2.32. The summed E-state index contributed by atoms with van der Waals surface area (Å²) in [5, 5.41) is 3.96. The molecule has 2 rings (SSSR count). The Hall–Kier alpha value is -1.33. The minimum Gasteiger partial charge on any atom is -0.309 e. The smallest absolute Gasteiger partial charge is 0.164 e. The van der Waals surface area contributed by atoms with Gasteiger partial charge in [-0.15, -0.1) is 11.3 Å². The fraction of sp³-hybridized carbons (Fsp3) is 0.357. The molecule has 0 bridgehead atoms. The van der Waals surface area contributed by atoms with E-state index in [0.717, 1.165) is 15.6 Å². The molecule has 0 radical (unpaired) electrons. The van der Waals surface area contributed by atoms with E-state index in [1.807, 2.05) is 13.8 Å². The third-order valence-corrected chi connectivity index (χ3v) is 4.24. The van der Waals surface area contributed by atoms with Crippen LogP contribution in [0, 0.1) is 32.4 Å². The molecule has 0 aliphatic heterocycles. The highest BCUT2D eigenvalue weighted by atomic mass is 32.1. The molecule has 0 aliphatic rings. The molecule has 1 unspecified atom stereocenters. The van der Waals surface area contributed by atoms with Gasteiger partial charge in [0.05, 0.1) is 16.7 Å². The van der Waals surface area contributed by atoms with Crippen molar-refractivity contribution in [3.05, 3.63) is 50.5 Å². The summed E-state index contributed by atoms with van der Waals surface area (Å²) < 4.78 is 27.8. The lowest BCUT2D eigenvalue weighted by Crippen LogP contribution is -2.19. The van der Waals surface area contributed by atoms with E-state index in [-0.39, 0.29) is 6.04 Å². The molecule has 1 aromatic carbocycles. The summed E-state index contributed by atoms with van der Waals surface area (Å²) in [5.41, 5.74) is 1.48. The van der Waals surface area contributed by atoms with Gasteiger partial charge in [-0.2, -0.15) is 0 Å². The second-order valence-electron chi connectivity index (χ2n) is 4.50. The van der Waals surface area contributed by atoms with Crippen molar-refractivity contribution in [2.45, 2.75) is 26.8 Å². The molecular formula is C14H16F2N2S. The molecule has 1 N–H and O–H groups in total. The number of nitrogens with zero attached hydrogens (tertiary/aromatic N) is 1.